The van der Waals surface area contributed by atoms with Crippen LogP contribution >= 0.6 is 15.9 Å². The second kappa shape index (κ2) is 9.94. The van der Waals surface area contributed by atoms with Crippen LogP contribution in [-0.4, -0.2) is 43.1 Å². The molecule has 0 N–H and O–H groups in total. The molecule has 0 atom stereocenters. The first-order valence-corrected chi connectivity index (χ1v) is 6.71. The monoisotopic (exact) mass is 265 g/mol. The summed E-state index contributed by atoms with van der Waals surface area (Å²) in [7, 11) is 1.77. The van der Waals surface area contributed by atoms with Gasteiger partial charge in [-0.15, -0.1) is 0 Å². The maximum Gasteiger partial charge on any atom is 0.0474 e. The zero-order valence-electron chi connectivity index (χ0n) is 9.76. The normalized spacial score (nSPS) is 11.6. The standard InChI is InChI=1S/C11H24BrNO/c1-4-11(5-2)13(9-7-12)8-6-10-14-3/h11H,4-10H2,1-3H3. The van der Waals surface area contributed by atoms with Crippen molar-refractivity contribution < 1.29 is 4.74 Å². The van der Waals surface area contributed by atoms with Crippen molar-refractivity contribution in [2.75, 3.05) is 32.1 Å². The number of ether oxygens (including phenoxy) is 1. The molecule has 86 valence electrons. The molecule has 0 aliphatic carbocycles. The quantitative estimate of drug-likeness (QED) is 0.470. The molecule has 0 saturated carbocycles. The van der Waals surface area contributed by atoms with Gasteiger partial charge in [-0.3, -0.25) is 4.90 Å². The fraction of sp³-hybridized carbons (Fsp3) is 1.00. The first kappa shape index (κ1) is 14.4. The van der Waals surface area contributed by atoms with Crippen molar-refractivity contribution in [1.82, 2.24) is 4.90 Å². The first-order valence-electron chi connectivity index (χ1n) is 5.59. The lowest BCUT2D eigenvalue weighted by Gasteiger charge is -2.29. The Bertz CT molecular complexity index is 118. The zero-order valence-corrected chi connectivity index (χ0v) is 11.3. The molecular weight excluding hydrogens is 242 g/mol. The van der Waals surface area contributed by atoms with Gasteiger partial charge in [0.05, 0.1) is 0 Å². The molecule has 0 rings (SSSR count). The highest BCUT2D eigenvalue weighted by molar-refractivity contribution is 9.09. The van der Waals surface area contributed by atoms with E-state index in [9.17, 15) is 0 Å². The molecule has 0 aliphatic heterocycles. The summed E-state index contributed by atoms with van der Waals surface area (Å²) in [5, 5.41) is 1.07. The van der Waals surface area contributed by atoms with Crippen LogP contribution in [0.25, 0.3) is 0 Å². The first-order chi connectivity index (χ1) is 6.79. The van der Waals surface area contributed by atoms with Gasteiger partial charge in [-0.25, -0.2) is 0 Å². The number of alkyl halides is 1. The second-order valence-corrected chi connectivity index (χ2v) is 4.33. The number of hydrogen-bond acceptors (Lipinski definition) is 2. The average Bonchev–Trinajstić information content (AvgIpc) is 2.20. The third kappa shape index (κ3) is 5.99. The molecule has 0 saturated heterocycles. The smallest absolute Gasteiger partial charge is 0.0474 e. The van der Waals surface area contributed by atoms with Crippen LogP contribution in [-0.2, 0) is 4.74 Å². The molecule has 0 radical (unpaired) electrons. The Morgan fingerprint density at radius 1 is 1.21 bits per heavy atom. The lowest BCUT2D eigenvalue weighted by atomic mass is 10.1. The number of nitrogens with zero attached hydrogens (tertiary/aromatic N) is 1. The van der Waals surface area contributed by atoms with Crippen molar-refractivity contribution in [1.29, 1.82) is 0 Å². The molecule has 0 fully saturated rings. The van der Waals surface area contributed by atoms with Crippen LogP contribution in [0.2, 0.25) is 0 Å². The molecule has 0 aromatic heterocycles. The summed E-state index contributed by atoms with van der Waals surface area (Å²) < 4.78 is 5.08. The SMILES string of the molecule is CCC(CC)N(CCBr)CCCOC. The molecule has 0 aromatic rings. The van der Waals surface area contributed by atoms with E-state index in [-0.39, 0.29) is 0 Å². The second-order valence-electron chi connectivity index (χ2n) is 3.54. The van der Waals surface area contributed by atoms with Gasteiger partial charge in [0.1, 0.15) is 0 Å². The summed E-state index contributed by atoms with van der Waals surface area (Å²) >= 11 is 3.51. The topological polar surface area (TPSA) is 12.5 Å². The highest BCUT2D eigenvalue weighted by Crippen LogP contribution is 2.09. The fourth-order valence-corrected chi connectivity index (χ4v) is 2.26. The zero-order chi connectivity index (χ0) is 10.8. The minimum atomic E-state index is 0.740. The van der Waals surface area contributed by atoms with Gasteiger partial charge in [-0.05, 0) is 19.3 Å². The molecular formula is C11H24BrNO. The van der Waals surface area contributed by atoms with E-state index in [0.29, 0.717) is 0 Å². The summed E-state index contributed by atoms with van der Waals surface area (Å²) in [5.41, 5.74) is 0. The van der Waals surface area contributed by atoms with Gasteiger partial charge in [-0.1, -0.05) is 29.8 Å². The van der Waals surface area contributed by atoms with E-state index in [2.05, 4.69) is 34.7 Å². The van der Waals surface area contributed by atoms with Crippen molar-refractivity contribution >= 4 is 15.9 Å². The molecule has 0 amide bonds. The Labute approximate surface area is 97.1 Å². The maximum atomic E-state index is 5.08. The van der Waals surface area contributed by atoms with Crippen molar-refractivity contribution in [3.63, 3.8) is 0 Å². The Morgan fingerprint density at radius 2 is 1.86 bits per heavy atom. The Hall–Kier alpha value is 0.400. The van der Waals surface area contributed by atoms with Crippen molar-refractivity contribution in [2.24, 2.45) is 0 Å². The van der Waals surface area contributed by atoms with E-state index in [0.717, 1.165) is 37.5 Å². The third-order valence-electron chi connectivity index (χ3n) is 2.62. The highest BCUT2D eigenvalue weighted by atomic mass is 79.9. The number of hydrogen-bond donors (Lipinski definition) is 0. The molecule has 0 aromatic carbocycles. The number of rotatable bonds is 9. The van der Waals surface area contributed by atoms with Crippen LogP contribution in [0, 0.1) is 0 Å². The minimum Gasteiger partial charge on any atom is -0.385 e. The predicted molar refractivity (Wildman–Crippen MR) is 66.2 cm³/mol. The Balaban J connectivity index is 3.85. The number of halogens is 1. The van der Waals surface area contributed by atoms with Crippen molar-refractivity contribution in [2.45, 2.75) is 39.2 Å². The number of methoxy groups -OCH3 is 1. The molecule has 0 aliphatic rings. The van der Waals surface area contributed by atoms with Gasteiger partial charge >= 0.3 is 0 Å². The van der Waals surface area contributed by atoms with Crippen LogP contribution in [0.5, 0.6) is 0 Å². The van der Waals surface area contributed by atoms with E-state index < -0.39 is 0 Å². The molecule has 0 unspecified atom stereocenters. The van der Waals surface area contributed by atoms with Crippen LogP contribution < -0.4 is 0 Å². The summed E-state index contributed by atoms with van der Waals surface area (Å²) in [6.07, 6.45) is 3.63. The predicted octanol–water partition coefficient (Wildman–Crippen LogP) is 2.91. The fourth-order valence-electron chi connectivity index (χ4n) is 1.80. The van der Waals surface area contributed by atoms with Crippen molar-refractivity contribution in [3.8, 4) is 0 Å². The summed E-state index contributed by atoms with van der Waals surface area (Å²) in [5.74, 6) is 0. The van der Waals surface area contributed by atoms with E-state index in [4.69, 9.17) is 4.74 Å². The molecule has 14 heavy (non-hydrogen) atoms. The summed E-state index contributed by atoms with van der Waals surface area (Å²) in [6, 6.07) is 0.740. The largest absolute Gasteiger partial charge is 0.385 e. The van der Waals surface area contributed by atoms with Gasteiger partial charge in [0.25, 0.3) is 0 Å². The van der Waals surface area contributed by atoms with Crippen LogP contribution in [0.15, 0.2) is 0 Å². The van der Waals surface area contributed by atoms with Gasteiger partial charge < -0.3 is 4.74 Å². The molecule has 0 bridgehead atoms. The Kier molecular flexibility index (Phi) is 10.2. The van der Waals surface area contributed by atoms with Crippen LogP contribution in [0.1, 0.15) is 33.1 Å². The highest BCUT2D eigenvalue weighted by Gasteiger charge is 2.13. The average molecular weight is 266 g/mol. The van der Waals surface area contributed by atoms with Gasteiger partial charge in [-0.2, -0.15) is 0 Å². The minimum absolute atomic E-state index is 0.740. The third-order valence-corrected chi connectivity index (χ3v) is 2.98. The van der Waals surface area contributed by atoms with Crippen molar-refractivity contribution in [3.05, 3.63) is 0 Å². The van der Waals surface area contributed by atoms with Crippen LogP contribution in [0.3, 0.4) is 0 Å². The molecule has 0 heterocycles. The van der Waals surface area contributed by atoms with E-state index in [1.54, 1.807) is 7.11 Å². The van der Waals surface area contributed by atoms with Gasteiger partial charge in [0, 0.05) is 38.2 Å². The summed E-state index contributed by atoms with van der Waals surface area (Å²) in [4.78, 5) is 2.56. The maximum absolute atomic E-state index is 5.08. The van der Waals surface area contributed by atoms with Gasteiger partial charge in [0.2, 0.25) is 0 Å². The van der Waals surface area contributed by atoms with Gasteiger partial charge in [0.15, 0.2) is 0 Å². The van der Waals surface area contributed by atoms with Crippen LogP contribution in [0.4, 0.5) is 0 Å². The lowest BCUT2D eigenvalue weighted by Crippen LogP contribution is -2.37. The molecule has 0 spiro atoms. The molecule has 3 heteroatoms. The molecule has 2 nitrogen and oxygen atoms in total. The lowest BCUT2D eigenvalue weighted by molar-refractivity contribution is 0.149. The Morgan fingerprint density at radius 3 is 2.29 bits per heavy atom. The van der Waals surface area contributed by atoms with E-state index in [1.807, 2.05) is 0 Å². The summed E-state index contributed by atoms with van der Waals surface area (Å²) in [6.45, 7) is 7.72. The van der Waals surface area contributed by atoms with E-state index >= 15 is 0 Å². The van der Waals surface area contributed by atoms with E-state index in [1.165, 1.54) is 12.8 Å².